The Hall–Kier alpha value is -4.06. The maximum Gasteiger partial charge on any atom is 0.132 e. The third-order valence-corrected chi connectivity index (χ3v) is 5.33. The average Bonchev–Trinajstić information content (AvgIpc) is 2.86. The van der Waals surface area contributed by atoms with Crippen LogP contribution in [0.25, 0.3) is 11.0 Å². The average molecular weight is 437 g/mol. The van der Waals surface area contributed by atoms with Gasteiger partial charge in [-0.2, -0.15) is 0 Å². The zero-order valence-corrected chi connectivity index (χ0v) is 18.2. The summed E-state index contributed by atoms with van der Waals surface area (Å²) in [5, 5.41) is 0. The molecule has 0 fully saturated rings. The quantitative estimate of drug-likeness (QED) is 0.388. The van der Waals surface area contributed by atoms with Gasteiger partial charge in [0.2, 0.25) is 0 Å². The van der Waals surface area contributed by atoms with Gasteiger partial charge in [-0.05, 0) is 42.8 Å². The van der Waals surface area contributed by atoms with Crippen LogP contribution >= 0.6 is 0 Å². The Morgan fingerprint density at radius 1 is 0.545 bits per heavy atom. The van der Waals surface area contributed by atoms with Crippen molar-refractivity contribution in [2.24, 2.45) is 9.98 Å². The van der Waals surface area contributed by atoms with E-state index in [1.807, 2.05) is 85.2 Å². The van der Waals surface area contributed by atoms with Crippen LogP contribution in [0.4, 0.5) is 0 Å². The fraction of sp³-hybridized carbons (Fsp3) is 0.185. The van der Waals surface area contributed by atoms with Gasteiger partial charge in [0.1, 0.15) is 36.1 Å². The van der Waals surface area contributed by atoms with Gasteiger partial charge < -0.3 is 9.47 Å². The third-order valence-electron chi connectivity index (χ3n) is 5.33. The fourth-order valence-electron chi connectivity index (χ4n) is 3.61. The van der Waals surface area contributed by atoms with E-state index >= 15 is 0 Å². The summed E-state index contributed by atoms with van der Waals surface area (Å²) < 4.78 is 12.4. The van der Waals surface area contributed by atoms with Gasteiger partial charge in [-0.25, -0.2) is 9.97 Å². The van der Waals surface area contributed by atoms with Crippen molar-refractivity contribution in [3.8, 4) is 11.5 Å². The summed E-state index contributed by atoms with van der Waals surface area (Å²) in [7, 11) is 0. The highest BCUT2D eigenvalue weighted by molar-refractivity contribution is 5.84. The van der Waals surface area contributed by atoms with Gasteiger partial charge in [-0.1, -0.05) is 36.4 Å². The highest BCUT2D eigenvalue weighted by Crippen LogP contribution is 2.22. The molecule has 0 amide bonds. The van der Waals surface area contributed by atoms with E-state index in [4.69, 9.17) is 19.4 Å². The van der Waals surface area contributed by atoms with E-state index in [1.54, 1.807) is 0 Å². The summed E-state index contributed by atoms with van der Waals surface area (Å²) in [5.74, 6) is 1.52. The summed E-state index contributed by atoms with van der Waals surface area (Å²) in [5.41, 5.74) is 5.02. The van der Waals surface area contributed by atoms with Crippen LogP contribution in [-0.4, -0.2) is 35.5 Å². The summed E-state index contributed by atoms with van der Waals surface area (Å²) in [4.78, 5) is 18.8. The van der Waals surface area contributed by atoms with E-state index in [2.05, 4.69) is 9.98 Å². The molecule has 3 aromatic carbocycles. The smallest absolute Gasteiger partial charge is 0.132 e. The maximum atomic E-state index is 6.18. The van der Waals surface area contributed by atoms with Crippen LogP contribution in [0.15, 0.2) is 82.8 Å². The number of nitrogens with zero attached hydrogens (tertiary/aromatic N) is 4. The van der Waals surface area contributed by atoms with Gasteiger partial charge in [0, 0.05) is 36.6 Å². The van der Waals surface area contributed by atoms with Crippen molar-refractivity contribution in [3.05, 3.63) is 95.3 Å². The second-order valence-corrected chi connectivity index (χ2v) is 7.68. The minimum absolute atomic E-state index is 0.282. The highest BCUT2D eigenvalue weighted by Gasteiger charge is 2.13. The van der Waals surface area contributed by atoms with Crippen molar-refractivity contribution in [1.29, 1.82) is 0 Å². The predicted molar refractivity (Wildman–Crippen MR) is 131 cm³/mol. The van der Waals surface area contributed by atoms with E-state index < -0.39 is 0 Å². The van der Waals surface area contributed by atoms with Crippen LogP contribution < -0.4 is 9.47 Å². The molecule has 0 aliphatic carbocycles. The first kappa shape index (κ1) is 20.8. The van der Waals surface area contributed by atoms with Crippen LogP contribution in [0.2, 0.25) is 0 Å². The van der Waals surface area contributed by atoms with Crippen LogP contribution in [0.5, 0.6) is 11.5 Å². The lowest BCUT2D eigenvalue weighted by molar-refractivity contribution is 0.277. The molecule has 0 unspecified atom stereocenters. The molecule has 1 aromatic heterocycles. The molecular formula is C27H24N4O2. The van der Waals surface area contributed by atoms with Gasteiger partial charge in [-0.15, -0.1) is 0 Å². The largest absolute Gasteiger partial charge is 0.487 e. The zero-order chi connectivity index (χ0) is 22.3. The van der Waals surface area contributed by atoms with Crippen LogP contribution in [0.3, 0.4) is 0 Å². The monoisotopic (exact) mass is 436 g/mol. The van der Waals surface area contributed by atoms with Crippen molar-refractivity contribution < 1.29 is 9.47 Å². The Kier molecular flexibility index (Phi) is 6.33. The van der Waals surface area contributed by atoms with Crippen LogP contribution in [0, 0.1) is 0 Å². The molecule has 0 spiro atoms. The fourth-order valence-corrected chi connectivity index (χ4v) is 3.61. The van der Waals surface area contributed by atoms with Gasteiger partial charge in [-0.3, -0.25) is 9.98 Å². The molecule has 1 aliphatic rings. The number of aliphatic imine (C=N–C) groups is 2. The van der Waals surface area contributed by atoms with Gasteiger partial charge >= 0.3 is 0 Å². The lowest BCUT2D eigenvalue weighted by Gasteiger charge is -2.14. The minimum atomic E-state index is 0.282. The molecule has 0 radical (unpaired) electrons. The SMILES string of the molecule is C1=NCCCN=Cc2ccccc2OCc2nc3ccccc3nc2COc2ccccc21. The zero-order valence-electron chi connectivity index (χ0n) is 18.2. The number of ether oxygens (including phenoxy) is 2. The number of aromatic nitrogens is 2. The molecule has 33 heavy (non-hydrogen) atoms. The normalized spacial score (nSPS) is 14.3. The minimum Gasteiger partial charge on any atom is -0.487 e. The third kappa shape index (κ3) is 5.06. The molecule has 6 nitrogen and oxygen atoms in total. The Morgan fingerprint density at radius 2 is 1.00 bits per heavy atom. The van der Waals surface area contributed by atoms with Gasteiger partial charge in [0.15, 0.2) is 0 Å². The maximum absolute atomic E-state index is 6.18. The van der Waals surface area contributed by atoms with E-state index in [9.17, 15) is 0 Å². The van der Waals surface area contributed by atoms with E-state index in [0.29, 0.717) is 13.1 Å². The number of para-hydroxylation sites is 4. The second-order valence-electron chi connectivity index (χ2n) is 7.68. The molecule has 0 bridgehead atoms. The number of rotatable bonds is 0. The molecule has 0 N–H and O–H groups in total. The lowest BCUT2D eigenvalue weighted by Crippen LogP contribution is -2.10. The van der Waals surface area contributed by atoms with E-state index in [-0.39, 0.29) is 13.2 Å². The molecule has 6 heteroatoms. The van der Waals surface area contributed by atoms with E-state index in [1.165, 1.54) is 0 Å². The molecule has 164 valence electrons. The Morgan fingerprint density at radius 3 is 1.52 bits per heavy atom. The first-order chi connectivity index (χ1) is 16.4. The Balaban J connectivity index is 1.53. The number of hydrogen-bond acceptors (Lipinski definition) is 6. The summed E-state index contributed by atoms with van der Waals surface area (Å²) in [6, 6.07) is 23.6. The predicted octanol–water partition coefficient (Wildman–Crippen LogP) is 5.03. The summed E-state index contributed by atoms with van der Waals surface area (Å²) in [6.07, 6.45) is 4.59. The molecule has 0 atom stereocenters. The number of hydrogen-bond donors (Lipinski definition) is 0. The number of fused-ring (bicyclic) bond motifs is 4. The number of benzene rings is 3. The first-order valence-corrected chi connectivity index (χ1v) is 11.0. The molecule has 4 aromatic rings. The van der Waals surface area contributed by atoms with E-state index in [0.717, 1.165) is 51.5 Å². The van der Waals surface area contributed by atoms with Crippen molar-refractivity contribution in [2.75, 3.05) is 13.1 Å². The molecule has 0 saturated heterocycles. The molecule has 1 aliphatic heterocycles. The summed E-state index contributed by atoms with van der Waals surface area (Å²) in [6.45, 7) is 1.96. The molecule has 5 rings (SSSR count). The topological polar surface area (TPSA) is 69.0 Å². The molecule has 2 heterocycles. The summed E-state index contributed by atoms with van der Waals surface area (Å²) >= 11 is 0. The molecular weight excluding hydrogens is 412 g/mol. The van der Waals surface area contributed by atoms with Crippen molar-refractivity contribution in [2.45, 2.75) is 19.6 Å². The second kappa shape index (κ2) is 10.0. The van der Waals surface area contributed by atoms with Crippen molar-refractivity contribution in [3.63, 3.8) is 0 Å². The van der Waals surface area contributed by atoms with Gasteiger partial charge in [0.25, 0.3) is 0 Å². The first-order valence-electron chi connectivity index (χ1n) is 11.0. The Bertz CT molecular complexity index is 1220. The Labute approximate surface area is 192 Å². The van der Waals surface area contributed by atoms with Crippen LogP contribution in [0.1, 0.15) is 28.9 Å². The molecule has 0 saturated carbocycles. The highest BCUT2D eigenvalue weighted by atomic mass is 16.5. The standard InChI is InChI=1S/C27H24N4O2/c1-5-12-26-20(8-1)16-28-14-7-15-29-17-21-9-2-6-13-27(21)33-19-25-24(18-32-26)30-22-10-3-4-11-23(22)31-25/h1-6,8-13,16-17H,7,14-15,18-19H2. The van der Waals surface area contributed by atoms with Crippen molar-refractivity contribution in [1.82, 2.24) is 9.97 Å². The van der Waals surface area contributed by atoms with Crippen molar-refractivity contribution >= 4 is 23.5 Å². The van der Waals surface area contributed by atoms with Gasteiger partial charge in [0.05, 0.1) is 11.0 Å². The van der Waals surface area contributed by atoms with Crippen LogP contribution in [-0.2, 0) is 13.2 Å². The lowest BCUT2D eigenvalue weighted by atomic mass is 10.2.